The molecule has 0 atom stereocenters. The summed E-state index contributed by atoms with van der Waals surface area (Å²) >= 11 is 0. The molecule has 4 aromatic rings. The molecule has 0 saturated heterocycles. The van der Waals surface area contributed by atoms with Crippen LogP contribution in [0.15, 0.2) is 60.7 Å². The smallest absolute Gasteiger partial charge is 0.337 e. The van der Waals surface area contributed by atoms with Crippen molar-refractivity contribution in [2.24, 2.45) is 0 Å². The maximum atomic E-state index is 12.1. The molecule has 8 heteroatoms. The van der Waals surface area contributed by atoms with E-state index in [9.17, 15) is 19.8 Å². The zero-order valence-electron chi connectivity index (χ0n) is 22.9. The Morgan fingerprint density at radius 1 is 0.525 bits per heavy atom. The molecule has 0 bridgehead atoms. The van der Waals surface area contributed by atoms with Crippen molar-refractivity contribution in [3.8, 4) is 0 Å². The molecule has 0 aliphatic rings. The van der Waals surface area contributed by atoms with Gasteiger partial charge in [-0.2, -0.15) is 0 Å². The highest BCUT2D eigenvalue weighted by Crippen LogP contribution is 2.46. The zero-order valence-corrected chi connectivity index (χ0v) is 22.9. The first-order valence-corrected chi connectivity index (χ1v) is 12.8. The topological polar surface area (TPSA) is 179 Å². The van der Waals surface area contributed by atoms with Crippen LogP contribution in [0, 0.1) is 27.7 Å². The number of hydrogen-bond donors (Lipinski definition) is 6. The molecule has 0 heterocycles. The van der Waals surface area contributed by atoms with Crippen LogP contribution in [0.2, 0.25) is 0 Å². The van der Waals surface area contributed by atoms with E-state index >= 15 is 0 Å². The molecule has 0 aliphatic heterocycles. The molecule has 4 rings (SSSR count). The first kappa shape index (κ1) is 28.0. The number of rotatable bonds is 7. The average molecular weight is 539 g/mol. The number of aryl methyl sites for hydroxylation is 4. The molecule has 40 heavy (non-hydrogen) atoms. The maximum Gasteiger partial charge on any atom is 0.337 e. The van der Waals surface area contributed by atoms with Crippen molar-refractivity contribution in [3.05, 3.63) is 116 Å². The SMILES string of the molecule is Cc1cc(C(c2cc(C)c(N)c(C)c2)C(c2ccc(N)c(C(=O)O)c2)c2ccc(N)c(C(=O)O)c2)cc(C)c1N. The number of nitrogen functional groups attached to an aromatic ring is 4. The van der Waals surface area contributed by atoms with Gasteiger partial charge in [-0.05, 0) is 96.5 Å². The molecule has 0 fully saturated rings. The summed E-state index contributed by atoms with van der Waals surface area (Å²) in [5, 5.41) is 19.7. The second-order valence-corrected chi connectivity index (χ2v) is 10.4. The summed E-state index contributed by atoms with van der Waals surface area (Å²) in [5.41, 5.74) is 33.0. The first-order chi connectivity index (χ1) is 18.8. The molecule has 8 nitrogen and oxygen atoms in total. The monoisotopic (exact) mass is 538 g/mol. The van der Waals surface area contributed by atoms with Gasteiger partial charge in [0.05, 0.1) is 11.1 Å². The van der Waals surface area contributed by atoms with Crippen LogP contribution in [0.4, 0.5) is 22.7 Å². The molecule has 0 spiro atoms. The lowest BCUT2D eigenvalue weighted by molar-refractivity contribution is 0.0687. The Morgan fingerprint density at radius 3 is 1.12 bits per heavy atom. The summed E-state index contributed by atoms with van der Waals surface area (Å²) in [5.74, 6) is -3.22. The third-order valence-corrected chi connectivity index (χ3v) is 7.62. The predicted molar refractivity (Wildman–Crippen MR) is 160 cm³/mol. The Balaban J connectivity index is 2.14. The number of nitrogens with two attached hydrogens (primary N) is 4. The third-order valence-electron chi connectivity index (χ3n) is 7.62. The van der Waals surface area contributed by atoms with Gasteiger partial charge in [0.2, 0.25) is 0 Å². The van der Waals surface area contributed by atoms with E-state index in [1.54, 1.807) is 36.4 Å². The van der Waals surface area contributed by atoms with Crippen molar-refractivity contribution in [1.29, 1.82) is 0 Å². The van der Waals surface area contributed by atoms with Crippen LogP contribution in [-0.4, -0.2) is 22.2 Å². The van der Waals surface area contributed by atoms with Crippen molar-refractivity contribution in [2.45, 2.75) is 39.5 Å². The number of carboxylic acid groups (broad SMARTS) is 2. The molecule has 10 N–H and O–H groups in total. The van der Waals surface area contributed by atoms with Crippen LogP contribution >= 0.6 is 0 Å². The van der Waals surface area contributed by atoms with Crippen molar-refractivity contribution in [3.63, 3.8) is 0 Å². The maximum absolute atomic E-state index is 12.1. The van der Waals surface area contributed by atoms with E-state index < -0.39 is 17.9 Å². The molecule has 0 aromatic heterocycles. The number of carboxylic acids is 2. The number of aromatic carboxylic acids is 2. The first-order valence-electron chi connectivity index (χ1n) is 12.8. The highest BCUT2D eigenvalue weighted by atomic mass is 16.4. The Labute approximate surface area is 233 Å². The fourth-order valence-electron chi connectivity index (χ4n) is 5.44. The Morgan fingerprint density at radius 2 is 0.825 bits per heavy atom. The zero-order chi connectivity index (χ0) is 29.5. The van der Waals surface area contributed by atoms with Gasteiger partial charge in [0.15, 0.2) is 0 Å². The van der Waals surface area contributed by atoms with E-state index in [0.29, 0.717) is 22.5 Å². The summed E-state index contributed by atoms with van der Waals surface area (Å²) in [6, 6.07) is 17.9. The van der Waals surface area contributed by atoms with E-state index in [4.69, 9.17) is 22.9 Å². The van der Waals surface area contributed by atoms with E-state index in [2.05, 4.69) is 0 Å². The van der Waals surface area contributed by atoms with Crippen LogP contribution in [0.1, 0.15) is 77.1 Å². The summed E-state index contributed by atoms with van der Waals surface area (Å²) in [6.07, 6.45) is 0. The Kier molecular flexibility index (Phi) is 7.46. The molecule has 0 aliphatic carbocycles. The lowest BCUT2D eigenvalue weighted by Crippen LogP contribution is -2.18. The molecular weight excluding hydrogens is 504 g/mol. The van der Waals surface area contributed by atoms with Gasteiger partial charge in [0.25, 0.3) is 0 Å². The average Bonchev–Trinajstić information content (AvgIpc) is 2.89. The fourth-order valence-corrected chi connectivity index (χ4v) is 5.44. The van der Waals surface area contributed by atoms with Gasteiger partial charge in [0, 0.05) is 34.6 Å². The fraction of sp³-hybridized carbons (Fsp3) is 0.188. The van der Waals surface area contributed by atoms with Gasteiger partial charge in [-0.25, -0.2) is 9.59 Å². The van der Waals surface area contributed by atoms with E-state index in [0.717, 1.165) is 33.4 Å². The van der Waals surface area contributed by atoms with Gasteiger partial charge < -0.3 is 33.1 Å². The minimum Gasteiger partial charge on any atom is -0.478 e. The Bertz CT molecular complexity index is 1490. The molecule has 0 amide bonds. The molecule has 0 unspecified atom stereocenters. The second kappa shape index (κ2) is 10.6. The predicted octanol–water partition coefficient (Wildman–Crippen LogP) is 5.61. The normalized spacial score (nSPS) is 11.2. The highest BCUT2D eigenvalue weighted by molar-refractivity contribution is 5.94. The molecule has 206 valence electrons. The molecule has 4 aromatic carbocycles. The Hall–Kier alpha value is -4.98. The minimum absolute atomic E-state index is 0.0375. The largest absolute Gasteiger partial charge is 0.478 e. The van der Waals surface area contributed by atoms with Gasteiger partial charge in [-0.1, -0.05) is 36.4 Å². The van der Waals surface area contributed by atoms with Gasteiger partial charge in [-0.15, -0.1) is 0 Å². The van der Waals surface area contributed by atoms with Gasteiger partial charge in [0.1, 0.15) is 0 Å². The van der Waals surface area contributed by atoms with E-state index in [1.165, 1.54) is 0 Å². The minimum atomic E-state index is -1.16. The van der Waals surface area contributed by atoms with Crippen molar-refractivity contribution in [2.75, 3.05) is 22.9 Å². The number of hydrogen-bond acceptors (Lipinski definition) is 6. The van der Waals surface area contributed by atoms with Crippen LogP contribution in [0.5, 0.6) is 0 Å². The van der Waals surface area contributed by atoms with Crippen molar-refractivity contribution >= 4 is 34.7 Å². The standard InChI is InChI=1S/C32H34N4O4/c1-15-9-21(10-16(2)29(15)35)28(22-11-17(3)30(36)18(4)12-22)27(19-5-7-25(33)23(13-19)31(37)38)20-6-8-26(34)24(14-20)32(39)40/h5-14,27-28H,33-36H2,1-4H3,(H,37,38)(H,39,40). The summed E-state index contributed by atoms with van der Waals surface area (Å²) in [7, 11) is 0. The van der Waals surface area contributed by atoms with Gasteiger partial charge in [-0.3, -0.25) is 0 Å². The van der Waals surface area contributed by atoms with Crippen LogP contribution in [-0.2, 0) is 0 Å². The lowest BCUT2D eigenvalue weighted by atomic mass is 9.72. The van der Waals surface area contributed by atoms with E-state index in [-0.39, 0.29) is 28.4 Å². The quantitative estimate of drug-likeness (QED) is 0.164. The third kappa shape index (κ3) is 5.16. The van der Waals surface area contributed by atoms with Crippen LogP contribution < -0.4 is 22.9 Å². The van der Waals surface area contributed by atoms with Crippen molar-refractivity contribution < 1.29 is 19.8 Å². The number of carbonyl (C=O) groups is 2. The number of anilines is 4. The molecule has 0 saturated carbocycles. The molecule has 0 radical (unpaired) electrons. The lowest BCUT2D eigenvalue weighted by Gasteiger charge is -2.31. The van der Waals surface area contributed by atoms with Gasteiger partial charge >= 0.3 is 11.9 Å². The van der Waals surface area contributed by atoms with Crippen LogP contribution in [0.3, 0.4) is 0 Å². The number of benzene rings is 4. The summed E-state index contributed by atoms with van der Waals surface area (Å²) < 4.78 is 0. The van der Waals surface area contributed by atoms with Crippen molar-refractivity contribution in [1.82, 2.24) is 0 Å². The van der Waals surface area contributed by atoms with E-state index in [1.807, 2.05) is 52.0 Å². The summed E-state index contributed by atoms with van der Waals surface area (Å²) in [4.78, 5) is 24.2. The highest BCUT2D eigenvalue weighted by Gasteiger charge is 2.31. The second-order valence-electron chi connectivity index (χ2n) is 10.4. The van der Waals surface area contributed by atoms with Crippen LogP contribution in [0.25, 0.3) is 0 Å². The molecular formula is C32H34N4O4. The summed E-state index contributed by atoms with van der Waals surface area (Å²) in [6.45, 7) is 7.76.